The first kappa shape index (κ1) is 11.7. The summed E-state index contributed by atoms with van der Waals surface area (Å²) in [5, 5.41) is 3.58. The molecule has 0 aromatic carbocycles. The molecule has 1 unspecified atom stereocenters. The van der Waals surface area contributed by atoms with Gasteiger partial charge in [-0.05, 0) is 19.8 Å². The summed E-state index contributed by atoms with van der Waals surface area (Å²) in [4.78, 5) is 5.62. The highest BCUT2D eigenvalue weighted by Gasteiger charge is 2.06. The number of aryl methyl sites for hydroxylation is 1. The normalized spacial score (nSPS) is 13.1. The van der Waals surface area contributed by atoms with Crippen molar-refractivity contribution in [1.29, 1.82) is 0 Å². The molecular formula is C11H20N2S. The first-order valence-corrected chi connectivity index (χ1v) is 6.28. The van der Waals surface area contributed by atoms with Crippen molar-refractivity contribution in [3.8, 4) is 0 Å². The second kappa shape index (κ2) is 6.14. The van der Waals surface area contributed by atoms with Crippen molar-refractivity contribution in [2.24, 2.45) is 0 Å². The minimum Gasteiger partial charge on any atom is -0.309 e. The second-order valence-electron chi connectivity index (χ2n) is 3.64. The van der Waals surface area contributed by atoms with E-state index in [-0.39, 0.29) is 0 Å². The van der Waals surface area contributed by atoms with Crippen LogP contribution < -0.4 is 5.32 Å². The van der Waals surface area contributed by atoms with Crippen LogP contribution in [-0.4, -0.2) is 11.0 Å². The third kappa shape index (κ3) is 3.39. The molecule has 0 saturated carbocycles. The van der Waals surface area contributed by atoms with Gasteiger partial charge in [0, 0.05) is 17.5 Å². The molecule has 0 aliphatic rings. The molecule has 0 saturated heterocycles. The lowest BCUT2D eigenvalue weighted by Gasteiger charge is -2.15. The van der Waals surface area contributed by atoms with E-state index in [0.717, 1.165) is 6.54 Å². The van der Waals surface area contributed by atoms with Gasteiger partial charge in [-0.1, -0.05) is 20.3 Å². The number of nitrogens with one attached hydrogen (secondary N) is 1. The van der Waals surface area contributed by atoms with E-state index < -0.39 is 0 Å². The highest BCUT2D eigenvalue weighted by Crippen LogP contribution is 2.12. The summed E-state index contributed by atoms with van der Waals surface area (Å²) in [6, 6.07) is 0.668. The van der Waals surface area contributed by atoms with Gasteiger partial charge in [-0.2, -0.15) is 0 Å². The molecule has 0 aliphatic heterocycles. The fourth-order valence-electron chi connectivity index (χ4n) is 1.53. The van der Waals surface area contributed by atoms with E-state index in [1.54, 1.807) is 11.3 Å². The van der Waals surface area contributed by atoms with Crippen molar-refractivity contribution < 1.29 is 0 Å². The molecule has 80 valence electrons. The van der Waals surface area contributed by atoms with Crippen LogP contribution in [0, 0.1) is 6.92 Å². The molecule has 1 aromatic rings. The summed E-state index contributed by atoms with van der Waals surface area (Å²) in [5.74, 6) is 0. The minimum absolute atomic E-state index is 0.668. The lowest BCUT2D eigenvalue weighted by atomic mass is 10.1. The maximum atomic E-state index is 4.24. The summed E-state index contributed by atoms with van der Waals surface area (Å²) in [6.07, 6.45) is 3.74. The third-order valence-corrected chi connectivity index (χ3v) is 3.46. The zero-order valence-corrected chi connectivity index (χ0v) is 10.2. The summed E-state index contributed by atoms with van der Waals surface area (Å²) >= 11 is 1.75. The lowest BCUT2D eigenvalue weighted by molar-refractivity contribution is 0.464. The number of hydrogen-bond acceptors (Lipinski definition) is 3. The van der Waals surface area contributed by atoms with Crippen molar-refractivity contribution in [2.45, 2.75) is 52.6 Å². The topological polar surface area (TPSA) is 24.9 Å². The molecule has 0 spiro atoms. The van der Waals surface area contributed by atoms with Crippen molar-refractivity contribution in [2.75, 3.05) is 0 Å². The second-order valence-corrected chi connectivity index (χ2v) is 4.58. The molecule has 1 atom stereocenters. The van der Waals surface area contributed by atoms with Gasteiger partial charge in [0.25, 0.3) is 0 Å². The average Bonchev–Trinajstić information content (AvgIpc) is 2.59. The van der Waals surface area contributed by atoms with Crippen LogP contribution in [0.5, 0.6) is 0 Å². The van der Waals surface area contributed by atoms with E-state index in [4.69, 9.17) is 0 Å². The average molecular weight is 212 g/mol. The van der Waals surface area contributed by atoms with Crippen LogP contribution in [0.2, 0.25) is 0 Å². The van der Waals surface area contributed by atoms with Gasteiger partial charge < -0.3 is 5.32 Å². The lowest BCUT2D eigenvalue weighted by Crippen LogP contribution is -2.27. The van der Waals surface area contributed by atoms with Crippen LogP contribution in [0.1, 0.15) is 43.7 Å². The molecular weight excluding hydrogens is 192 g/mol. The maximum absolute atomic E-state index is 4.24. The van der Waals surface area contributed by atoms with E-state index in [2.05, 4.69) is 31.1 Å². The van der Waals surface area contributed by atoms with Gasteiger partial charge in [-0.25, -0.2) is 4.98 Å². The molecule has 1 rings (SSSR count). The van der Waals surface area contributed by atoms with Crippen LogP contribution in [-0.2, 0) is 6.54 Å². The van der Waals surface area contributed by atoms with Crippen LogP contribution in [0.25, 0.3) is 0 Å². The largest absolute Gasteiger partial charge is 0.309 e. The Morgan fingerprint density at radius 2 is 2.29 bits per heavy atom. The standard InChI is InChI=1S/C11H20N2S/c1-4-6-10(5-2)12-7-11-9(3)13-8-14-11/h8,10,12H,4-7H2,1-3H3. The Kier molecular flexibility index (Phi) is 5.12. The summed E-state index contributed by atoms with van der Waals surface area (Å²) in [5.41, 5.74) is 3.10. The number of rotatable bonds is 6. The molecule has 0 bridgehead atoms. The van der Waals surface area contributed by atoms with Crippen molar-refractivity contribution in [3.05, 3.63) is 16.1 Å². The van der Waals surface area contributed by atoms with E-state index in [1.807, 2.05) is 5.51 Å². The molecule has 14 heavy (non-hydrogen) atoms. The van der Waals surface area contributed by atoms with Crippen LogP contribution >= 0.6 is 11.3 Å². The molecule has 0 aliphatic carbocycles. The first-order valence-electron chi connectivity index (χ1n) is 5.40. The van der Waals surface area contributed by atoms with Crippen molar-refractivity contribution >= 4 is 11.3 Å². The fourth-order valence-corrected chi connectivity index (χ4v) is 2.26. The molecule has 0 fully saturated rings. The van der Waals surface area contributed by atoms with Gasteiger partial charge in [0.2, 0.25) is 0 Å². The van der Waals surface area contributed by atoms with Gasteiger partial charge in [-0.15, -0.1) is 11.3 Å². The highest BCUT2D eigenvalue weighted by molar-refractivity contribution is 7.09. The van der Waals surface area contributed by atoms with E-state index in [1.165, 1.54) is 29.8 Å². The third-order valence-electron chi connectivity index (χ3n) is 2.53. The number of thiazole rings is 1. The summed E-state index contributed by atoms with van der Waals surface area (Å²) < 4.78 is 0. The predicted molar refractivity (Wildman–Crippen MR) is 62.7 cm³/mol. The zero-order valence-electron chi connectivity index (χ0n) is 9.34. The SMILES string of the molecule is CCCC(CC)NCc1scnc1C. The Labute approximate surface area is 90.8 Å². The maximum Gasteiger partial charge on any atom is 0.0798 e. The molecule has 2 nitrogen and oxygen atoms in total. The Balaban J connectivity index is 2.35. The van der Waals surface area contributed by atoms with Crippen LogP contribution in [0.3, 0.4) is 0 Å². The molecule has 1 heterocycles. The first-order chi connectivity index (χ1) is 6.77. The smallest absolute Gasteiger partial charge is 0.0798 e. The van der Waals surface area contributed by atoms with Gasteiger partial charge in [0.1, 0.15) is 0 Å². The van der Waals surface area contributed by atoms with Crippen LogP contribution in [0.15, 0.2) is 5.51 Å². The highest BCUT2D eigenvalue weighted by atomic mass is 32.1. The van der Waals surface area contributed by atoms with Gasteiger partial charge in [-0.3, -0.25) is 0 Å². The molecule has 0 radical (unpaired) electrons. The molecule has 3 heteroatoms. The molecule has 1 aromatic heterocycles. The summed E-state index contributed by atoms with van der Waals surface area (Å²) in [7, 11) is 0. The van der Waals surface area contributed by atoms with Crippen molar-refractivity contribution in [3.63, 3.8) is 0 Å². The fraction of sp³-hybridized carbons (Fsp3) is 0.727. The quantitative estimate of drug-likeness (QED) is 0.783. The zero-order chi connectivity index (χ0) is 10.4. The van der Waals surface area contributed by atoms with Gasteiger partial charge >= 0.3 is 0 Å². The van der Waals surface area contributed by atoms with Crippen molar-refractivity contribution in [1.82, 2.24) is 10.3 Å². The van der Waals surface area contributed by atoms with E-state index >= 15 is 0 Å². The minimum atomic E-state index is 0.668. The summed E-state index contributed by atoms with van der Waals surface area (Å²) in [6.45, 7) is 7.54. The van der Waals surface area contributed by atoms with Crippen LogP contribution in [0.4, 0.5) is 0 Å². The van der Waals surface area contributed by atoms with Gasteiger partial charge in [0.15, 0.2) is 0 Å². The monoisotopic (exact) mass is 212 g/mol. The molecule has 1 N–H and O–H groups in total. The number of nitrogens with zero attached hydrogens (tertiary/aromatic N) is 1. The Hall–Kier alpha value is -0.410. The Morgan fingerprint density at radius 1 is 1.50 bits per heavy atom. The predicted octanol–water partition coefficient (Wildman–Crippen LogP) is 3.12. The Morgan fingerprint density at radius 3 is 2.79 bits per heavy atom. The van der Waals surface area contributed by atoms with Gasteiger partial charge in [0.05, 0.1) is 11.2 Å². The number of aromatic nitrogens is 1. The van der Waals surface area contributed by atoms with E-state index in [0.29, 0.717) is 6.04 Å². The van der Waals surface area contributed by atoms with E-state index in [9.17, 15) is 0 Å². The Bertz CT molecular complexity index is 258. The molecule has 0 amide bonds. The number of hydrogen-bond donors (Lipinski definition) is 1.